The molecule has 6 heteroatoms. The molecular formula is C15H22O5Si. The maximum Gasteiger partial charge on any atom is 0.334 e. The smallest absolute Gasteiger partial charge is 0.334 e. The van der Waals surface area contributed by atoms with Gasteiger partial charge >= 0.3 is 5.97 Å². The highest BCUT2D eigenvalue weighted by Gasteiger charge is 2.29. The number of hydrogen-bond donors (Lipinski definition) is 0. The minimum absolute atomic E-state index is 0.0245. The molecule has 0 saturated carbocycles. The van der Waals surface area contributed by atoms with Crippen LogP contribution in [0.3, 0.4) is 0 Å². The van der Waals surface area contributed by atoms with Gasteiger partial charge in [-0.1, -0.05) is 0 Å². The van der Waals surface area contributed by atoms with Gasteiger partial charge in [-0.05, 0) is 43.9 Å². The molecule has 1 aromatic carbocycles. The third-order valence-corrected chi connectivity index (χ3v) is 3.73. The van der Waals surface area contributed by atoms with Crippen LogP contribution in [0.2, 0.25) is 19.6 Å². The minimum atomic E-state index is -1.95. The molecule has 0 aromatic heterocycles. The minimum Gasteiger partial charge on any atom is -0.497 e. The summed E-state index contributed by atoms with van der Waals surface area (Å²) in [5.41, 5.74) is 0.517. The number of methoxy groups -OCH3 is 2. The van der Waals surface area contributed by atoms with Gasteiger partial charge in [-0.25, -0.2) is 4.79 Å². The number of benzene rings is 1. The fourth-order valence-electron chi connectivity index (χ4n) is 1.79. The van der Waals surface area contributed by atoms with E-state index in [9.17, 15) is 9.59 Å². The lowest BCUT2D eigenvalue weighted by molar-refractivity contribution is -0.149. The zero-order chi connectivity index (χ0) is 16.0. The topological polar surface area (TPSA) is 61.8 Å². The first-order valence-electron chi connectivity index (χ1n) is 6.69. The molecule has 0 fully saturated rings. The van der Waals surface area contributed by atoms with Crippen molar-refractivity contribution < 1.29 is 23.5 Å². The van der Waals surface area contributed by atoms with E-state index < -0.39 is 20.4 Å². The molecule has 0 spiro atoms. The molecule has 0 aliphatic carbocycles. The van der Waals surface area contributed by atoms with Crippen LogP contribution in [-0.2, 0) is 14.0 Å². The molecule has 0 N–H and O–H groups in total. The van der Waals surface area contributed by atoms with E-state index in [1.807, 2.05) is 19.6 Å². The maximum absolute atomic E-state index is 12.2. The second-order valence-corrected chi connectivity index (χ2v) is 10.1. The van der Waals surface area contributed by atoms with Crippen LogP contribution in [0.15, 0.2) is 24.3 Å². The molecule has 0 aliphatic heterocycles. The van der Waals surface area contributed by atoms with Gasteiger partial charge in [-0.15, -0.1) is 0 Å². The van der Waals surface area contributed by atoms with Crippen molar-refractivity contribution in [1.82, 2.24) is 0 Å². The van der Waals surface area contributed by atoms with Gasteiger partial charge < -0.3 is 13.9 Å². The molecule has 0 radical (unpaired) electrons. The van der Waals surface area contributed by atoms with Crippen molar-refractivity contribution in [3.63, 3.8) is 0 Å². The summed E-state index contributed by atoms with van der Waals surface area (Å²) in [5.74, 6) is 0.00000610. The molecule has 0 aliphatic rings. The first-order chi connectivity index (χ1) is 9.76. The van der Waals surface area contributed by atoms with Gasteiger partial charge in [0, 0.05) is 12.0 Å². The highest BCUT2D eigenvalue weighted by molar-refractivity contribution is 6.69. The Bertz CT molecular complexity index is 490. The van der Waals surface area contributed by atoms with Crippen molar-refractivity contribution in [1.29, 1.82) is 0 Å². The summed E-state index contributed by atoms with van der Waals surface area (Å²) in [6, 6.07) is 6.76. The Morgan fingerprint density at radius 1 is 1.10 bits per heavy atom. The summed E-state index contributed by atoms with van der Waals surface area (Å²) in [4.78, 5) is 24.0. The molecule has 1 unspecified atom stereocenters. The fourth-order valence-corrected chi connectivity index (χ4v) is 2.83. The van der Waals surface area contributed by atoms with Gasteiger partial charge in [-0.3, -0.25) is 4.79 Å². The van der Waals surface area contributed by atoms with Crippen molar-refractivity contribution in [3.8, 4) is 5.75 Å². The highest BCUT2D eigenvalue weighted by Crippen LogP contribution is 2.17. The van der Waals surface area contributed by atoms with Gasteiger partial charge in [-0.2, -0.15) is 0 Å². The normalized spacial score (nSPS) is 12.6. The fraction of sp³-hybridized carbons (Fsp3) is 0.467. The number of Topliss-reactive ketones (excluding diaryl/α,β-unsaturated/α-hetero) is 1. The van der Waals surface area contributed by atoms with Crippen molar-refractivity contribution >= 4 is 20.1 Å². The van der Waals surface area contributed by atoms with Gasteiger partial charge in [0.05, 0.1) is 14.2 Å². The van der Waals surface area contributed by atoms with Crippen LogP contribution in [0.4, 0.5) is 0 Å². The first-order valence-corrected chi connectivity index (χ1v) is 10.1. The Hall–Kier alpha value is -1.66. The largest absolute Gasteiger partial charge is 0.497 e. The van der Waals surface area contributed by atoms with Crippen LogP contribution in [0.25, 0.3) is 0 Å². The Morgan fingerprint density at radius 3 is 2.10 bits per heavy atom. The van der Waals surface area contributed by atoms with Crippen molar-refractivity contribution in [3.05, 3.63) is 29.8 Å². The Kier molecular flexibility index (Phi) is 6.11. The quantitative estimate of drug-likeness (QED) is 0.440. The third-order valence-electron chi connectivity index (χ3n) is 2.74. The average Bonchev–Trinajstić information content (AvgIpc) is 2.44. The van der Waals surface area contributed by atoms with E-state index in [1.54, 1.807) is 31.4 Å². The second kappa shape index (κ2) is 7.38. The number of carbonyl (C=O) groups excluding carboxylic acids is 2. The molecule has 0 bridgehead atoms. The zero-order valence-corrected chi connectivity index (χ0v) is 14.1. The van der Waals surface area contributed by atoms with E-state index in [0.717, 1.165) is 0 Å². The zero-order valence-electron chi connectivity index (χ0n) is 13.1. The monoisotopic (exact) mass is 310 g/mol. The molecule has 1 atom stereocenters. The molecule has 5 nitrogen and oxygen atoms in total. The number of hydrogen-bond acceptors (Lipinski definition) is 5. The number of ether oxygens (including phenoxy) is 2. The van der Waals surface area contributed by atoms with E-state index in [2.05, 4.69) is 0 Å². The van der Waals surface area contributed by atoms with Gasteiger partial charge in [0.15, 0.2) is 20.2 Å². The van der Waals surface area contributed by atoms with Crippen LogP contribution in [-0.4, -0.2) is 40.4 Å². The highest BCUT2D eigenvalue weighted by atomic mass is 28.4. The van der Waals surface area contributed by atoms with Crippen molar-refractivity contribution in [2.45, 2.75) is 32.2 Å². The Labute approximate surface area is 126 Å². The van der Waals surface area contributed by atoms with Crippen LogP contribution < -0.4 is 4.74 Å². The number of carbonyl (C=O) groups is 2. The number of ketones is 1. The van der Waals surface area contributed by atoms with Crippen LogP contribution in [0.5, 0.6) is 5.75 Å². The van der Waals surface area contributed by atoms with Crippen LogP contribution in [0, 0.1) is 0 Å². The predicted octanol–water partition coefficient (Wildman–Crippen LogP) is 2.66. The summed E-state index contributed by atoms with van der Waals surface area (Å²) in [5, 5.41) is 0. The average molecular weight is 310 g/mol. The Balaban J connectivity index is 2.81. The van der Waals surface area contributed by atoms with E-state index >= 15 is 0 Å². The lowest BCUT2D eigenvalue weighted by Crippen LogP contribution is -2.38. The van der Waals surface area contributed by atoms with Crippen molar-refractivity contribution in [2.75, 3.05) is 14.2 Å². The van der Waals surface area contributed by atoms with Crippen LogP contribution >= 0.6 is 0 Å². The predicted molar refractivity (Wildman–Crippen MR) is 82.2 cm³/mol. The summed E-state index contributed by atoms with van der Waals surface area (Å²) < 4.78 is 15.5. The molecule has 1 aromatic rings. The lowest BCUT2D eigenvalue weighted by atomic mass is 10.1. The molecule has 0 amide bonds. The van der Waals surface area contributed by atoms with Crippen LogP contribution in [0.1, 0.15) is 16.8 Å². The first kappa shape index (κ1) is 17.4. The molecule has 0 heterocycles. The van der Waals surface area contributed by atoms with Gasteiger partial charge in [0.1, 0.15) is 5.75 Å². The second-order valence-electron chi connectivity index (χ2n) is 5.60. The molecule has 21 heavy (non-hydrogen) atoms. The van der Waals surface area contributed by atoms with E-state index in [1.165, 1.54) is 7.11 Å². The summed E-state index contributed by atoms with van der Waals surface area (Å²) in [7, 11) is 0.899. The third kappa shape index (κ3) is 5.69. The van der Waals surface area contributed by atoms with Gasteiger partial charge in [0.25, 0.3) is 0 Å². The molecule has 1 rings (SSSR count). The van der Waals surface area contributed by atoms with E-state index in [0.29, 0.717) is 11.3 Å². The molecule has 0 saturated heterocycles. The summed E-state index contributed by atoms with van der Waals surface area (Å²) >= 11 is 0. The molecular weight excluding hydrogens is 288 g/mol. The number of rotatable bonds is 7. The summed E-state index contributed by atoms with van der Waals surface area (Å²) in [6.07, 6.45) is -0.875. The van der Waals surface area contributed by atoms with E-state index in [4.69, 9.17) is 13.9 Å². The van der Waals surface area contributed by atoms with Crippen molar-refractivity contribution in [2.24, 2.45) is 0 Å². The molecule has 116 valence electrons. The van der Waals surface area contributed by atoms with E-state index in [-0.39, 0.29) is 12.2 Å². The Morgan fingerprint density at radius 2 is 1.67 bits per heavy atom. The van der Waals surface area contributed by atoms with Gasteiger partial charge in [0.2, 0.25) is 0 Å². The number of esters is 1. The lowest BCUT2D eigenvalue weighted by Gasteiger charge is -2.24. The SMILES string of the molecule is COC(=O)C(CC(=O)c1ccc(OC)cc1)O[Si](C)(C)C. The summed E-state index contributed by atoms with van der Waals surface area (Å²) in [6.45, 7) is 5.88. The standard InChI is InChI=1S/C15H22O5Si/c1-18-12-8-6-11(7-9-12)13(16)10-14(15(17)19-2)20-21(3,4)5/h6-9,14H,10H2,1-5H3. The maximum atomic E-state index is 12.2.